The molecule has 0 unspecified atom stereocenters. The second kappa shape index (κ2) is 18.9. The molecule has 4 aromatic carbocycles. The number of pyridine rings is 2. The molecule has 0 spiro atoms. The normalized spacial score (nSPS) is 11.2. The van der Waals surface area contributed by atoms with Crippen LogP contribution in [0.2, 0.25) is 0 Å². The standard InChI is InChI=1S/C24H26FN.C22H20F3N/c1-2-3-4-5-19-8-13-22(14-9-19)23-15-10-20(11-16-23)6-7-21-12-17-24(25)26-18-21;1-2-16-5-10-19(11-6-16)20-12-7-17(8-13-20)3-4-18-9-14-21(26-15-18)22(23,24)25/h8-18H,2-7H2,1H3;5-15H,2-4H2,1H3. The highest BCUT2D eigenvalue weighted by Gasteiger charge is 2.31. The summed E-state index contributed by atoms with van der Waals surface area (Å²) < 4.78 is 50.4. The van der Waals surface area contributed by atoms with E-state index in [1.54, 1.807) is 12.3 Å². The predicted octanol–water partition coefficient (Wildman–Crippen LogP) is 12.5. The monoisotopic (exact) mass is 702 g/mol. The van der Waals surface area contributed by atoms with Gasteiger partial charge in [0, 0.05) is 12.4 Å². The fourth-order valence-electron chi connectivity index (χ4n) is 5.98. The van der Waals surface area contributed by atoms with Crippen molar-refractivity contribution in [2.45, 2.75) is 77.8 Å². The van der Waals surface area contributed by atoms with Crippen molar-refractivity contribution in [3.05, 3.63) is 179 Å². The molecule has 268 valence electrons. The van der Waals surface area contributed by atoms with Gasteiger partial charge in [-0.05, 0) is 113 Å². The van der Waals surface area contributed by atoms with E-state index >= 15 is 0 Å². The summed E-state index contributed by atoms with van der Waals surface area (Å²) in [5.41, 5.74) is 11.0. The van der Waals surface area contributed by atoms with E-state index in [1.165, 1.54) is 77.4 Å². The van der Waals surface area contributed by atoms with Crippen molar-refractivity contribution < 1.29 is 17.6 Å². The van der Waals surface area contributed by atoms with Crippen LogP contribution < -0.4 is 0 Å². The number of unbranched alkanes of at least 4 members (excludes halogenated alkanes) is 2. The Hall–Kier alpha value is -5.10. The highest BCUT2D eigenvalue weighted by molar-refractivity contribution is 5.65. The number of alkyl halides is 3. The van der Waals surface area contributed by atoms with Crippen LogP contribution in [0.25, 0.3) is 22.3 Å². The minimum absolute atomic E-state index is 0.422. The molecule has 6 heteroatoms. The van der Waals surface area contributed by atoms with E-state index in [0.717, 1.165) is 54.0 Å². The third kappa shape index (κ3) is 11.7. The molecule has 0 radical (unpaired) electrons. The first-order chi connectivity index (χ1) is 25.2. The van der Waals surface area contributed by atoms with E-state index in [0.29, 0.717) is 6.42 Å². The molecule has 0 fully saturated rings. The molecule has 0 aliphatic carbocycles. The first kappa shape index (κ1) is 38.1. The first-order valence-corrected chi connectivity index (χ1v) is 18.2. The second-order valence-electron chi connectivity index (χ2n) is 13.1. The molecule has 0 N–H and O–H groups in total. The van der Waals surface area contributed by atoms with Crippen molar-refractivity contribution in [3.63, 3.8) is 0 Å². The van der Waals surface area contributed by atoms with Crippen LogP contribution in [0, 0.1) is 5.95 Å². The molecule has 2 nitrogen and oxygen atoms in total. The lowest BCUT2D eigenvalue weighted by Gasteiger charge is -2.08. The maximum absolute atomic E-state index is 12.8. The number of halogens is 4. The lowest BCUT2D eigenvalue weighted by atomic mass is 9.99. The lowest BCUT2D eigenvalue weighted by molar-refractivity contribution is -0.141. The quantitative estimate of drug-likeness (QED) is 0.0680. The minimum Gasteiger partial charge on any atom is -0.252 e. The third-order valence-corrected chi connectivity index (χ3v) is 9.27. The Morgan fingerprint density at radius 2 is 0.808 bits per heavy atom. The molecule has 2 aromatic heterocycles. The molecule has 52 heavy (non-hydrogen) atoms. The van der Waals surface area contributed by atoms with Gasteiger partial charge in [-0.1, -0.05) is 136 Å². The maximum atomic E-state index is 12.8. The Kier molecular flexibility index (Phi) is 13.9. The van der Waals surface area contributed by atoms with Gasteiger partial charge in [0.25, 0.3) is 0 Å². The van der Waals surface area contributed by atoms with E-state index in [9.17, 15) is 17.6 Å². The van der Waals surface area contributed by atoms with Gasteiger partial charge in [0.2, 0.25) is 5.95 Å². The number of aromatic nitrogens is 2. The average molecular weight is 703 g/mol. The van der Waals surface area contributed by atoms with E-state index in [1.807, 2.05) is 0 Å². The van der Waals surface area contributed by atoms with E-state index in [2.05, 4.69) is 121 Å². The topological polar surface area (TPSA) is 25.8 Å². The molecular weight excluding hydrogens is 657 g/mol. The number of rotatable bonds is 13. The summed E-state index contributed by atoms with van der Waals surface area (Å²) in [6.07, 6.45) is 7.82. The molecule has 6 aromatic rings. The number of hydrogen-bond acceptors (Lipinski definition) is 2. The van der Waals surface area contributed by atoms with Crippen molar-refractivity contribution >= 4 is 0 Å². The predicted molar refractivity (Wildman–Crippen MR) is 205 cm³/mol. The fraction of sp³-hybridized carbons (Fsp3) is 0.261. The van der Waals surface area contributed by atoms with Gasteiger partial charge in [-0.3, -0.25) is 4.98 Å². The average Bonchev–Trinajstić information content (AvgIpc) is 3.18. The summed E-state index contributed by atoms with van der Waals surface area (Å²) in [6.45, 7) is 4.37. The van der Waals surface area contributed by atoms with Crippen molar-refractivity contribution in [2.75, 3.05) is 0 Å². The van der Waals surface area contributed by atoms with Crippen LogP contribution in [-0.2, 0) is 44.7 Å². The van der Waals surface area contributed by atoms with Gasteiger partial charge < -0.3 is 0 Å². The number of benzene rings is 4. The van der Waals surface area contributed by atoms with Gasteiger partial charge in [0.1, 0.15) is 5.69 Å². The summed E-state index contributed by atoms with van der Waals surface area (Å²) in [5, 5.41) is 0. The number of aryl methyl sites for hydroxylation is 6. The molecule has 6 rings (SSSR count). The summed E-state index contributed by atoms with van der Waals surface area (Å²) in [6, 6.07) is 40.3. The molecule has 0 saturated carbocycles. The van der Waals surface area contributed by atoms with Gasteiger partial charge in [-0.25, -0.2) is 4.98 Å². The van der Waals surface area contributed by atoms with Gasteiger partial charge in [-0.15, -0.1) is 0 Å². The Balaban J connectivity index is 0.000000201. The summed E-state index contributed by atoms with van der Waals surface area (Å²) in [5.74, 6) is -0.422. The fourth-order valence-corrected chi connectivity index (χ4v) is 5.98. The Labute approximate surface area is 305 Å². The van der Waals surface area contributed by atoms with Crippen LogP contribution in [0.15, 0.2) is 134 Å². The van der Waals surface area contributed by atoms with E-state index < -0.39 is 17.8 Å². The van der Waals surface area contributed by atoms with Gasteiger partial charge in [0.15, 0.2) is 0 Å². The second-order valence-corrected chi connectivity index (χ2v) is 13.1. The number of hydrogen-bond donors (Lipinski definition) is 0. The zero-order chi connectivity index (χ0) is 36.8. The van der Waals surface area contributed by atoms with Crippen molar-refractivity contribution in [1.82, 2.24) is 9.97 Å². The summed E-state index contributed by atoms with van der Waals surface area (Å²) in [7, 11) is 0. The van der Waals surface area contributed by atoms with Crippen LogP contribution in [0.4, 0.5) is 17.6 Å². The highest BCUT2D eigenvalue weighted by atomic mass is 19.4. The molecule has 0 saturated heterocycles. The first-order valence-electron chi connectivity index (χ1n) is 18.2. The van der Waals surface area contributed by atoms with Crippen LogP contribution in [-0.4, -0.2) is 9.97 Å². The van der Waals surface area contributed by atoms with Crippen LogP contribution in [0.3, 0.4) is 0 Å². The van der Waals surface area contributed by atoms with Crippen molar-refractivity contribution in [3.8, 4) is 22.3 Å². The zero-order valence-corrected chi connectivity index (χ0v) is 30.0. The molecular formula is C46H46F4N2. The Morgan fingerprint density at radius 1 is 0.423 bits per heavy atom. The minimum atomic E-state index is -4.39. The third-order valence-electron chi connectivity index (χ3n) is 9.27. The van der Waals surface area contributed by atoms with Crippen LogP contribution >= 0.6 is 0 Å². The van der Waals surface area contributed by atoms with Crippen molar-refractivity contribution in [1.29, 1.82) is 0 Å². The lowest BCUT2D eigenvalue weighted by Crippen LogP contribution is -2.07. The maximum Gasteiger partial charge on any atom is 0.433 e. The van der Waals surface area contributed by atoms with E-state index in [-0.39, 0.29) is 0 Å². The molecule has 0 bridgehead atoms. The molecule has 2 heterocycles. The smallest absolute Gasteiger partial charge is 0.252 e. The Bertz CT molecular complexity index is 1910. The molecule has 0 aliphatic rings. The van der Waals surface area contributed by atoms with Gasteiger partial charge in [-0.2, -0.15) is 17.6 Å². The van der Waals surface area contributed by atoms with Crippen molar-refractivity contribution in [2.24, 2.45) is 0 Å². The summed E-state index contributed by atoms with van der Waals surface area (Å²) >= 11 is 0. The zero-order valence-electron chi connectivity index (χ0n) is 30.0. The SMILES string of the molecule is CCCCCc1ccc(-c2ccc(CCc3ccc(F)nc3)cc2)cc1.CCc1ccc(-c2ccc(CCc3ccc(C(F)(F)F)nc3)cc2)cc1. The van der Waals surface area contributed by atoms with Crippen LogP contribution in [0.1, 0.15) is 72.2 Å². The van der Waals surface area contributed by atoms with Gasteiger partial charge in [0.05, 0.1) is 0 Å². The number of nitrogens with zero attached hydrogens (tertiary/aromatic N) is 2. The van der Waals surface area contributed by atoms with E-state index in [4.69, 9.17) is 0 Å². The highest BCUT2D eigenvalue weighted by Crippen LogP contribution is 2.28. The molecule has 0 atom stereocenters. The molecule has 0 amide bonds. The molecule has 0 aliphatic heterocycles. The van der Waals surface area contributed by atoms with Crippen LogP contribution in [0.5, 0.6) is 0 Å². The van der Waals surface area contributed by atoms with Gasteiger partial charge >= 0.3 is 6.18 Å². The summed E-state index contributed by atoms with van der Waals surface area (Å²) in [4.78, 5) is 7.21. The Morgan fingerprint density at radius 3 is 1.17 bits per heavy atom. The largest absolute Gasteiger partial charge is 0.433 e.